The van der Waals surface area contributed by atoms with E-state index in [4.69, 9.17) is 10.5 Å². The van der Waals surface area contributed by atoms with E-state index in [1.165, 1.54) is 12.1 Å². The predicted molar refractivity (Wildman–Crippen MR) is 106 cm³/mol. The molecule has 0 bridgehead atoms. The third kappa shape index (κ3) is 4.03. The number of carbonyl (C=O) groups excluding carboxylic acids is 1. The molecule has 8 nitrogen and oxygen atoms in total. The fraction of sp³-hybridized carbons (Fsp3) is 0.200. The van der Waals surface area contributed by atoms with Crippen molar-refractivity contribution in [3.05, 3.63) is 59.9 Å². The summed E-state index contributed by atoms with van der Waals surface area (Å²) in [5.41, 5.74) is 5.84. The fourth-order valence-electron chi connectivity index (χ4n) is 3.14. The van der Waals surface area contributed by atoms with Gasteiger partial charge in [-0.25, -0.2) is 13.8 Å². The number of benzene rings is 1. The second kappa shape index (κ2) is 8.37. The van der Waals surface area contributed by atoms with E-state index in [1.54, 1.807) is 12.3 Å². The van der Waals surface area contributed by atoms with Gasteiger partial charge in [-0.05, 0) is 30.3 Å². The van der Waals surface area contributed by atoms with Crippen LogP contribution in [0.1, 0.15) is 10.5 Å². The Hall–Kier alpha value is -3.66. The first kappa shape index (κ1) is 19.6. The van der Waals surface area contributed by atoms with Gasteiger partial charge < -0.3 is 20.7 Å². The third-order valence-electron chi connectivity index (χ3n) is 4.63. The van der Waals surface area contributed by atoms with E-state index in [1.807, 2.05) is 6.07 Å². The van der Waals surface area contributed by atoms with E-state index in [0.717, 1.165) is 30.9 Å². The summed E-state index contributed by atoms with van der Waals surface area (Å²) in [4.78, 5) is 18.2. The van der Waals surface area contributed by atoms with Crippen LogP contribution in [0.4, 0.5) is 26.0 Å². The molecule has 0 aliphatic carbocycles. The quantitative estimate of drug-likeness (QED) is 0.663. The summed E-state index contributed by atoms with van der Waals surface area (Å²) in [6.07, 6.45) is 1.68. The van der Waals surface area contributed by atoms with E-state index < -0.39 is 17.5 Å². The molecule has 0 atom stereocenters. The van der Waals surface area contributed by atoms with Gasteiger partial charge in [0.05, 0.1) is 36.3 Å². The molecular formula is C20H18F2N6O2. The van der Waals surface area contributed by atoms with Gasteiger partial charge in [0, 0.05) is 13.1 Å². The highest BCUT2D eigenvalue weighted by atomic mass is 19.1. The molecule has 1 aliphatic heterocycles. The van der Waals surface area contributed by atoms with Crippen molar-refractivity contribution in [1.82, 2.24) is 15.2 Å². The van der Waals surface area contributed by atoms with Crippen LogP contribution >= 0.6 is 0 Å². The van der Waals surface area contributed by atoms with Crippen molar-refractivity contribution in [3.63, 3.8) is 0 Å². The molecule has 0 radical (unpaired) electrons. The molecule has 1 saturated heterocycles. The molecule has 0 unspecified atom stereocenters. The summed E-state index contributed by atoms with van der Waals surface area (Å²) >= 11 is 0. The fourth-order valence-corrected chi connectivity index (χ4v) is 3.14. The van der Waals surface area contributed by atoms with Gasteiger partial charge in [0.15, 0.2) is 5.69 Å². The van der Waals surface area contributed by atoms with E-state index in [2.05, 4.69) is 25.4 Å². The van der Waals surface area contributed by atoms with Crippen LogP contribution < -0.4 is 16.0 Å². The minimum absolute atomic E-state index is 0.0805. The summed E-state index contributed by atoms with van der Waals surface area (Å²) in [6.45, 7) is 2.85. The molecule has 3 heterocycles. The normalized spacial score (nSPS) is 13.9. The zero-order valence-corrected chi connectivity index (χ0v) is 15.8. The van der Waals surface area contributed by atoms with Crippen LogP contribution in [0.5, 0.6) is 0 Å². The summed E-state index contributed by atoms with van der Waals surface area (Å²) in [6, 6.07) is 8.38. The first-order chi connectivity index (χ1) is 14.5. The van der Waals surface area contributed by atoms with Crippen LogP contribution in [-0.2, 0) is 4.74 Å². The van der Waals surface area contributed by atoms with E-state index in [0.29, 0.717) is 19.0 Å². The number of pyridine rings is 1. The molecule has 4 rings (SSSR count). The third-order valence-corrected chi connectivity index (χ3v) is 4.63. The predicted octanol–water partition coefficient (Wildman–Crippen LogP) is 2.50. The number of morpholine rings is 1. The molecule has 3 aromatic rings. The zero-order chi connectivity index (χ0) is 21.1. The van der Waals surface area contributed by atoms with E-state index in [-0.39, 0.29) is 22.6 Å². The maximum atomic E-state index is 14.1. The standard InChI is InChI=1S/C20H18F2N6O2/c21-13-2-1-3-14(22)18(13)15-10-16(19(20(23)29)27-26-15)25-17-5-4-12(11-24-17)28-6-8-30-9-7-28/h1-5,10-11H,6-9H2,(H2,23,29)(H,24,25,26). The van der Waals surface area contributed by atoms with Crippen LogP contribution in [0, 0.1) is 11.6 Å². The largest absolute Gasteiger partial charge is 0.378 e. The Morgan fingerprint density at radius 3 is 2.47 bits per heavy atom. The van der Waals surface area contributed by atoms with E-state index in [9.17, 15) is 13.6 Å². The molecular weight excluding hydrogens is 394 g/mol. The molecule has 1 fully saturated rings. The smallest absolute Gasteiger partial charge is 0.271 e. The number of aromatic nitrogens is 3. The number of rotatable bonds is 5. The van der Waals surface area contributed by atoms with Gasteiger partial charge in [0.2, 0.25) is 0 Å². The lowest BCUT2D eigenvalue weighted by atomic mass is 10.1. The van der Waals surface area contributed by atoms with Crippen molar-refractivity contribution in [2.75, 3.05) is 36.5 Å². The number of hydrogen-bond donors (Lipinski definition) is 2. The summed E-state index contributed by atoms with van der Waals surface area (Å²) in [5.74, 6) is -2.02. The first-order valence-electron chi connectivity index (χ1n) is 9.20. The molecule has 154 valence electrons. The lowest BCUT2D eigenvalue weighted by Gasteiger charge is -2.28. The van der Waals surface area contributed by atoms with Crippen LogP contribution in [0.3, 0.4) is 0 Å². The highest BCUT2D eigenvalue weighted by Crippen LogP contribution is 2.28. The Morgan fingerprint density at radius 1 is 1.10 bits per heavy atom. The van der Waals surface area contributed by atoms with Crippen molar-refractivity contribution in [2.24, 2.45) is 5.73 Å². The minimum atomic E-state index is -0.838. The number of anilines is 3. The maximum Gasteiger partial charge on any atom is 0.271 e. The molecule has 2 aromatic heterocycles. The maximum absolute atomic E-state index is 14.1. The van der Waals surface area contributed by atoms with Gasteiger partial charge in [-0.1, -0.05) is 6.07 Å². The molecule has 3 N–H and O–H groups in total. The SMILES string of the molecule is NC(=O)c1nnc(-c2c(F)cccc2F)cc1Nc1ccc(N2CCOCC2)cn1. The molecule has 1 amide bonds. The Bertz CT molecular complexity index is 1050. The van der Waals surface area contributed by atoms with Crippen LogP contribution in [0.2, 0.25) is 0 Å². The number of ether oxygens (including phenoxy) is 1. The number of carbonyl (C=O) groups is 1. The Labute approximate surface area is 170 Å². The number of amides is 1. The van der Waals surface area contributed by atoms with Gasteiger partial charge >= 0.3 is 0 Å². The van der Waals surface area contributed by atoms with Crippen LogP contribution in [-0.4, -0.2) is 47.4 Å². The summed E-state index contributed by atoms with van der Waals surface area (Å²) in [5, 5.41) is 10.4. The molecule has 1 aliphatic rings. The summed E-state index contributed by atoms with van der Waals surface area (Å²) in [7, 11) is 0. The number of nitrogens with zero attached hydrogens (tertiary/aromatic N) is 4. The monoisotopic (exact) mass is 412 g/mol. The zero-order valence-electron chi connectivity index (χ0n) is 15.8. The topological polar surface area (TPSA) is 106 Å². The second-order valence-corrected chi connectivity index (χ2v) is 6.58. The number of nitrogens with one attached hydrogen (secondary N) is 1. The molecule has 30 heavy (non-hydrogen) atoms. The Kier molecular flexibility index (Phi) is 5.48. The molecule has 0 saturated carbocycles. The highest BCUT2D eigenvalue weighted by Gasteiger charge is 2.19. The van der Waals surface area contributed by atoms with Crippen molar-refractivity contribution in [1.29, 1.82) is 0 Å². The van der Waals surface area contributed by atoms with Gasteiger partial charge in [0.1, 0.15) is 23.1 Å². The Balaban J connectivity index is 1.65. The van der Waals surface area contributed by atoms with Crippen LogP contribution in [0.25, 0.3) is 11.3 Å². The lowest BCUT2D eigenvalue weighted by Crippen LogP contribution is -2.36. The highest BCUT2D eigenvalue weighted by molar-refractivity contribution is 5.97. The minimum Gasteiger partial charge on any atom is -0.378 e. The summed E-state index contributed by atoms with van der Waals surface area (Å²) < 4.78 is 33.6. The van der Waals surface area contributed by atoms with Crippen LogP contribution in [0.15, 0.2) is 42.6 Å². The molecule has 0 spiro atoms. The molecule has 10 heteroatoms. The lowest BCUT2D eigenvalue weighted by molar-refractivity contribution is 0.0995. The van der Waals surface area contributed by atoms with E-state index >= 15 is 0 Å². The van der Waals surface area contributed by atoms with Gasteiger partial charge in [0.25, 0.3) is 5.91 Å². The Morgan fingerprint density at radius 2 is 1.83 bits per heavy atom. The van der Waals surface area contributed by atoms with Crippen molar-refractivity contribution >= 4 is 23.1 Å². The van der Waals surface area contributed by atoms with Crippen molar-refractivity contribution < 1.29 is 18.3 Å². The average molecular weight is 412 g/mol. The molecule has 1 aromatic carbocycles. The second-order valence-electron chi connectivity index (χ2n) is 6.58. The number of nitrogens with two attached hydrogens (primary N) is 1. The van der Waals surface area contributed by atoms with Gasteiger partial charge in [-0.3, -0.25) is 4.79 Å². The number of hydrogen-bond acceptors (Lipinski definition) is 7. The number of primary amides is 1. The van der Waals surface area contributed by atoms with Gasteiger partial charge in [-0.15, -0.1) is 10.2 Å². The van der Waals surface area contributed by atoms with Gasteiger partial charge in [-0.2, -0.15) is 0 Å². The average Bonchev–Trinajstić information content (AvgIpc) is 2.75. The number of halogens is 2. The van der Waals surface area contributed by atoms with Crippen molar-refractivity contribution in [3.8, 4) is 11.3 Å². The first-order valence-corrected chi connectivity index (χ1v) is 9.20. The van der Waals surface area contributed by atoms with Crippen molar-refractivity contribution in [2.45, 2.75) is 0 Å².